The molecule has 0 aromatic heterocycles. The maximum Gasteiger partial charge on any atom is 0.225 e. The minimum atomic E-state index is 0.0813. The van der Waals surface area contributed by atoms with Crippen LogP contribution in [0.1, 0.15) is 19.8 Å². The van der Waals surface area contributed by atoms with Crippen LogP contribution in [0.3, 0.4) is 0 Å². The van der Waals surface area contributed by atoms with E-state index in [1.807, 2.05) is 6.92 Å². The molecule has 0 spiro atoms. The van der Waals surface area contributed by atoms with Crippen LogP contribution in [0.5, 0.6) is 0 Å². The molecule has 0 radical (unpaired) electrons. The molecular weight excluding hydrogens is 234 g/mol. The number of carbonyl (C=O) groups excluding carboxylic acids is 1. The number of hydrogen-bond acceptors (Lipinski definition) is 2. The molecule has 0 aromatic carbocycles. The first kappa shape index (κ1) is 11.0. The van der Waals surface area contributed by atoms with Gasteiger partial charge in [-0.3, -0.25) is 4.79 Å². The van der Waals surface area contributed by atoms with E-state index in [4.69, 9.17) is 4.74 Å². The molecule has 3 nitrogen and oxygen atoms in total. The van der Waals surface area contributed by atoms with Gasteiger partial charge in [0, 0.05) is 18.0 Å². The van der Waals surface area contributed by atoms with Crippen molar-refractivity contribution in [3.05, 3.63) is 0 Å². The molecule has 0 saturated carbocycles. The summed E-state index contributed by atoms with van der Waals surface area (Å²) in [6.45, 7) is 3.34. The van der Waals surface area contributed by atoms with Gasteiger partial charge >= 0.3 is 0 Å². The van der Waals surface area contributed by atoms with E-state index in [1.165, 1.54) is 0 Å². The van der Waals surface area contributed by atoms with E-state index in [0.29, 0.717) is 6.61 Å². The summed E-state index contributed by atoms with van der Waals surface area (Å²) in [6.07, 6.45) is 1.84. The summed E-state index contributed by atoms with van der Waals surface area (Å²) >= 11 is 3.35. The number of carbonyl (C=O) groups is 1. The summed E-state index contributed by atoms with van der Waals surface area (Å²) in [6, 6.07) is 0.257. The molecule has 2 atom stereocenters. The Morgan fingerprint density at radius 1 is 1.77 bits per heavy atom. The molecule has 1 aliphatic rings. The number of amides is 1. The Morgan fingerprint density at radius 2 is 2.54 bits per heavy atom. The van der Waals surface area contributed by atoms with Crippen LogP contribution in [0.15, 0.2) is 0 Å². The largest absolute Gasteiger partial charge is 0.381 e. The van der Waals surface area contributed by atoms with Crippen LogP contribution in [0.25, 0.3) is 0 Å². The molecule has 1 N–H and O–H groups in total. The lowest BCUT2D eigenvalue weighted by Gasteiger charge is -2.14. The van der Waals surface area contributed by atoms with Gasteiger partial charge in [0.2, 0.25) is 5.91 Å². The topological polar surface area (TPSA) is 38.3 Å². The molecule has 76 valence electrons. The second-order valence-corrected chi connectivity index (χ2v) is 4.24. The summed E-state index contributed by atoms with van der Waals surface area (Å²) in [5.41, 5.74) is 0. The van der Waals surface area contributed by atoms with Gasteiger partial charge in [0.25, 0.3) is 0 Å². The van der Waals surface area contributed by atoms with E-state index in [1.54, 1.807) is 0 Å². The van der Waals surface area contributed by atoms with Crippen LogP contribution < -0.4 is 5.32 Å². The van der Waals surface area contributed by atoms with Crippen molar-refractivity contribution < 1.29 is 9.53 Å². The lowest BCUT2D eigenvalue weighted by molar-refractivity contribution is -0.125. The highest BCUT2D eigenvalue weighted by Gasteiger charge is 2.23. The Kier molecular flexibility index (Phi) is 4.73. The molecule has 2 unspecified atom stereocenters. The molecule has 0 bridgehead atoms. The Hall–Kier alpha value is -0.0900. The maximum absolute atomic E-state index is 11.5. The molecule has 1 saturated heterocycles. The molecule has 1 amide bonds. The Balaban J connectivity index is 2.23. The molecule has 1 heterocycles. The second-order valence-electron chi connectivity index (χ2n) is 3.45. The fourth-order valence-electron chi connectivity index (χ4n) is 1.34. The summed E-state index contributed by atoms with van der Waals surface area (Å²) in [4.78, 5) is 11.5. The third kappa shape index (κ3) is 3.65. The van der Waals surface area contributed by atoms with Crippen LogP contribution in [0.2, 0.25) is 0 Å². The average molecular weight is 250 g/mol. The van der Waals surface area contributed by atoms with Gasteiger partial charge in [-0.05, 0) is 19.8 Å². The van der Waals surface area contributed by atoms with Crippen molar-refractivity contribution in [2.24, 2.45) is 5.92 Å². The van der Waals surface area contributed by atoms with Gasteiger partial charge < -0.3 is 10.1 Å². The van der Waals surface area contributed by atoms with E-state index < -0.39 is 0 Å². The second kappa shape index (κ2) is 5.60. The van der Waals surface area contributed by atoms with E-state index in [2.05, 4.69) is 21.2 Å². The molecule has 0 aliphatic carbocycles. The number of rotatable bonds is 4. The smallest absolute Gasteiger partial charge is 0.225 e. The van der Waals surface area contributed by atoms with Gasteiger partial charge in [-0.1, -0.05) is 15.9 Å². The quantitative estimate of drug-likeness (QED) is 0.764. The summed E-state index contributed by atoms with van der Waals surface area (Å²) in [5, 5.41) is 3.90. The predicted octanol–water partition coefficient (Wildman–Crippen LogP) is 1.31. The van der Waals surface area contributed by atoms with Crippen molar-refractivity contribution in [1.82, 2.24) is 5.32 Å². The molecule has 4 heteroatoms. The molecule has 0 aromatic rings. The predicted molar refractivity (Wildman–Crippen MR) is 54.9 cm³/mol. The van der Waals surface area contributed by atoms with Crippen molar-refractivity contribution >= 4 is 21.8 Å². The Bertz CT molecular complexity index is 169. The van der Waals surface area contributed by atoms with Crippen molar-refractivity contribution in [1.29, 1.82) is 0 Å². The number of halogens is 1. The lowest BCUT2D eigenvalue weighted by Crippen LogP contribution is -2.37. The fraction of sp³-hybridized carbons (Fsp3) is 0.889. The van der Waals surface area contributed by atoms with Gasteiger partial charge in [0.05, 0.1) is 12.5 Å². The van der Waals surface area contributed by atoms with Gasteiger partial charge in [-0.15, -0.1) is 0 Å². The average Bonchev–Trinajstić information content (AvgIpc) is 2.55. The van der Waals surface area contributed by atoms with Crippen LogP contribution in [0, 0.1) is 5.92 Å². The Labute approximate surface area is 87.3 Å². The normalized spacial score (nSPS) is 24.3. The van der Waals surface area contributed by atoms with Crippen molar-refractivity contribution in [3.63, 3.8) is 0 Å². The van der Waals surface area contributed by atoms with Gasteiger partial charge in [-0.25, -0.2) is 0 Å². The fourth-order valence-corrected chi connectivity index (χ4v) is 2.02. The van der Waals surface area contributed by atoms with Crippen LogP contribution in [-0.4, -0.2) is 30.5 Å². The summed E-state index contributed by atoms with van der Waals surface area (Å²) in [7, 11) is 0. The minimum absolute atomic E-state index is 0.0813. The molecule has 1 fully saturated rings. The van der Waals surface area contributed by atoms with E-state index >= 15 is 0 Å². The van der Waals surface area contributed by atoms with Gasteiger partial charge in [-0.2, -0.15) is 0 Å². The number of ether oxygens (including phenoxy) is 1. The third-order valence-corrected chi connectivity index (χ3v) is 2.69. The van der Waals surface area contributed by atoms with E-state index in [9.17, 15) is 4.79 Å². The number of alkyl halides is 1. The minimum Gasteiger partial charge on any atom is -0.381 e. The molecule has 1 aliphatic heterocycles. The highest BCUT2D eigenvalue weighted by Crippen LogP contribution is 2.12. The first-order valence-electron chi connectivity index (χ1n) is 4.68. The summed E-state index contributed by atoms with van der Waals surface area (Å²) in [5.74, 6) is 0.226. The highest BCUT2D eigenvalue weighted by molar-refractivity contribution is 9.09. The lowest BCUT2D eigenvalue weighted by atomic mass is 10.1. The molecular formula is C9H16BrNO2. The van der Waals surface area contributed by atoms with E-state index in [0.717, 1.165) is 24.8 Å². The van der Waals surface area contributed by atoms with Gasteiger partial charge in [0.1, 0.15) is 0 Å². The highest BCUT2D eigenvalue weighted by atomic mass is 79.9. The van der Waals surface area contributed by atoms with Crippen molar-refractivity contribution in [3.8, 4) is 0 Å². The maximum atomic E-state index is 11.5. The van der Waals surface area contributed by atoms with Crippen LogP contribution >= 0.6 is 15.9 Å². The van der Waals surface area contributed by atoms with Crippen LogP contribution in [-0.2, 0) is 9.53 Å². The standard InChI is InChI=1S/C9H16BrNO2/c1-7(2-4-10)11-9(12)8-3-5-13-6-8/h7-8H,2-6H2,1H3,(H,11,12). The first-order valence-corrected chi connectivity index (χ1v) is 5.80. The summed E-state index contributed by atoms with van der Waals surface area (Å²) < 4.78 is 5.15. The molecule has 13 heavy (non-hydrogen) atoms. The monoisotopic (exact) mass is 249 g/mol. The van der Waals surface area contributed by atoms with Crippen molar-refractivity contribution in [2.45, 2.75) is 25.8 Å². The SMILES string of the molecule is CC(CCBr)NC(=O)C1CCOC1. The first-order chi connectivity index (χ1) is 6.24. The van der Waals surface area contributed by atoms with E-state index in [-0.39, 0.29) is 17.9 Å². The Morgan fingerprint density at radius 3 is 3.08 bits per heavy atom. The van der Waals surface area contributed by atoms with Crippen molar-refractivity contribution in [2.75, 3.05) is 18.5 Å². The zero-order chi connectivity index (χ0) is 9.68. The zero-order valence-corrected chi connectivity index (χ0v) is 9.47. The molecule has 1 rings (SSSR count). The zero-order valence-electron chi connectivity index (χ0n) is 7.88. The number of nitrogens with one attached hydrogen (secondary N) is 1. The number of hydrogen-bond donors (Lipinski definition) is 1. The third-order valence-electron chi connectivity index (χ3n) is 2.23. The van der Waals surface area contributed by atoms with Gasteiger partial charge in [0.15, 0.2) is 0 Å². The van der Waals surface area contributed by atoms with Crippen LogP contribution in [0.4, 0.5) is 0 Å².